The fourth-order valence-corrected chi connectivity index (χ4v) is 3.36. The zero-order valence-corrected chi connectivity index (χ0v) is 16.8. The summed E-state index contributed by atoms with van der Waals surface area (Å²) in [6.45, 7) is 4.42. The van der Waals surface area contributed by atoms with E-state index in [1.807, 2.05) is 24.0 Å². The molecule has 8 heteroatoms. The number of halogens is 3. The lowest BCUT2D eigenvalue weighted by Crippen LogP contribution is -2.38. The molecule has 0 saturated carbocycles. The third kappa shape index (κ3) is 5.17. The molecule has 0 spiro atoms. The number of aryl methyl sites for hydroxylation is 1. The summed E-state index contributed by atoms with van der Waals surface area (Å²) in [5.74, 6) is -0.598. The van der Waals surface area contributed by atoms with Gasteiger partial charge in [0.05, 0.1) is 11.5 Å². The Morgan fingerprint density at radius 3 is 2.27 bits per heavy atom. The highest BCUT2D eigenvalue weighted by atomic mass is 19.4. The molecule has 5 nitrogen and oxygen atoms in total. The van der Waals surface area contributed by atoms with Crippen LogP contribution in [0.25, 0.3) is 0 Å². The van der Waals surface area contributed by atoms with Gasteiger partial charge in [0.2, 0.25) is 5.78 Å². The van der Waals surface area contributed by atoms with Crippen molar-refractivity contribution in [2.45, 2.75) is 39.0 Å². The molecule has 160 valence electrons. The summed E-state index contributed by atoms with van der Waals surface area (Å²) in [6.07, 6.45) is -3.53. The van der Waals surface area contributed by atoms with Crippen molar-refractivity contribution in [1.29, 1.82) is 0 Å². The lowest BCUT2D eigenvalue weighted by molar-refractivity contribution is -0.152. The van der Waals surface area contributed by atoms with Crippen molar-refractivity contribution in [2.75, 3.05) is 18.0 Å². The molecule has 1 aliphatic rings. The van der Waals surface area contributed by atoms with E-state index < -0.39 is 23.8 Å². The number of alkyl halides is 3. The Bertz CT molecular complexity index is 887. The molecule has 1 saturated heterocycles. The number of nitrogens with zero attached hydrogens (tertiary/aromatic N) is 2. The highest BCUT2D eigenvalue weighted by Gasteiger charge is 2.32. The summed E-state index contributed by atoms with van der Waals surface area (Å²) in [7, 11) is 0. The van der Waals surface area contributed by atoms with Gasteiger partial charge in [0, 0.05) is 24.8 Å². The van der Waals surface area contributed by atoms with E-state index >= 15 is 0 Å². The number of esters is 1. The second-order valence-electron chi connectivity index (χ2n) is 7.47. The first kappa shape index (κ1) is 21.8. The SMILES string of the molecule is Cc1ccc(C(=O)[C@@H](C)OC(=O)C2CCN(c3ccc(C(F)(F)F)cn3)CC2)cc1. The van der Waals surface area contributed by atoms with Crippen molar-refractivity contribution in [1.82, 2.24) is 4.98 Å². The van der Waals surface area contributed by atoms with Crippen LogP contribution in [0.4, 0.5) is 19.0 Å². The normalized spacial score (nSPS) is 16.2. The molecule has 0 aliphatic carbocycles. The van der Waals surface area contributed by atoms with E-state index in [0.29, 0.717) is 37.3 Å². The Balaban J connectivity index is 1.52. The number of aromatic nitrogens is 1. The van der Waals surface area contributed by atoms with E-state index in [9.17, 15) is 22.8 Å². The van der Waals surface area contributed by atoms with Crippen LogP contribution in [-0.2, 0) is 15.7 Å². The van der Waals surface area contributed by atoms with E-state index in [1.165, 1.54) is 6.07 Å². The molecular formula is C22H23F3N2O3. The van der Waals surface area contributed by atoms with Gasteiger partial charge in [-0.25, -0.2) is 4.98 Å². The quantitative estimate of drug-likeness (QED) is 0.529. The number of anilines is 1. The number of hydrogen-bond donors (Lipinski definition) is 0. The first-order valence-electron chi connectivity index (χ1n) is 9.74. The second kappa shape index (κ2) is 8.85. The summed E-state index contributed by atoms with van der Waals surface area (Å²) in [6, 6.07) is 9.40. The highest BCUT2D eigenvalue weighted by molar-refractivity contribution is 6.00. The van der Waals surface area contributed by atoms with E-state index in [1.54, 1.807) is 19.1 Å². The predicted molar refractivity (Wildman–Crippen MR) is 105 cm³/mol. The zero-order valence-electron chi connectivity index (χ0n) is 16.8. The summed E-state index contributed by atoms with van der Waals surface area (Å²) in [5.41, 5.74) is 0.728. The van der Waals surface area contributed by atoms with Crippen LogP contribution < -0.4 is 4.90 Å². The Morgan fingerprint density at radius 2 is 1.73 bits per heavy atom. The van der Waals surface area contributed by atoms with Gasteiger partial charge in [-0.3, -0.25) is 9.59 Å². The lowest BCUT2D eigenvalue weighted by Gasteiger charge is -2.32. The van der Waals surface area contributed by atoms with Crippen LogP contribution in [0, 0.1) is 12.8 Å². The van der Waals surface area contributed by atoms with Gasteiger partial charge in [-0.05, 0) is 38.8 Å². The maximum atomic E-state index is 12.7. The molecule has 0 radical (unpaired) electrons. The van der Waals surface area contributed by atoms with Gasteiger partial charge in [-0.15, -0.1) is 0 Å². The number of carbonyl (C=O) groups excluding carboxylic acids is 2. The van der Waals surface area contributed by atoms with Crippen LogP contribution in [0.2, 0.25) is 0 Å². The molecule has 1 aromatic carbocycles. The van der Waals surface area contributed by atoms with E-state index in [2.05, 4.69) is 4.98 Å². The molecule has 2 aromatic rings. The average molecular weight is 420 g/mol. The molecule has 0 amide bonds. The van der Waals surface area contributed by atoms with Gasteiger partial charge in [0.25, 0.3) is 0 Å². The molecule has 2 heterocycles. The summed E-state index contributed by atoms with van der Waals surface area (Å²) in [4.78, 5) is 30.6. The third-order valence-corrected chi connectivity index (χ3v) is 5.23. The molecule has 0 unspecified atom stereocenters. The van der Waals surface area contributed by atoms with E-state index in [4.69, 9.17) is 4.74 Å². The van der Waals surface area contributed by atoms with Gasteiger partial charge in [0.1, 0.15) is 5.82 Å². The number of benzene rings is 1. The van der Waals surface area contributed by atoms with Gasteiger partial charge in [-0.1, -0.05) is 29.8 Å². The number of ether oxygens (including phenoxy) is 1. The number of carbonyl (C=O) groups is 2. The number of piperidine rings is 1. The van der Waals surface area contributed by atoms with Crippen LogP contribution in [0.3, 0.4) is 0 Å². The molecular weight excluding hydrogens is 397 g/mol. The zero-order chi connectivity index (χ0) is 21.9. The number of rotatable bonds is 5. The van der Waals surface area contributed by atoms with E-state index in [-0.39, 0.29) is 11.7 Å². The van der Waals surface area contributed by atoms with Crippen molar-refractivity contribution < 1.29 is 27.5 Å². The predicted octanol–water partition coefficient (Wildman–Crippen LogP) is 4.44. The third-order valence-electron chi connectivity index (χ3n) is 5.23. The first-order chi connectivity index (χ1) is 14.1. The Labute approximate surface area is 172 Å². The van der Waals surface area contributed by atoms with Gasteiger partial charge in [0.15, 0.2) is 6.10 Å². The van der Waals surface area contributed by atoms with Gasteiger partial charge < -0.3 is 9.64 Å². The number of pyridine rings is 1. The minimum absolute atomic E-state index is 0.255. The van der Waals surface area contributed by atoms with Gasteiger partial charge in [-0.2, -0.15) is 13.2 Å². The van der Waals surface area contributed by atoms with Crippen LogP contribution >= 0.6 is 0 Å². The monoisotopic (exact) mass is 420 g/mol. The van der Waals surface area contributed by atoms with Crippen LogP contribution in [-0.4, -0.2) is 35.9 Å². The number of hydrogen-bond acceptors (Lipinski definition) is 5. The number of ketones is 1. The Hall–Kier alpha value is -2.90. The topological polar surface area (TPSA) is 59.5 Å². The first-order valence-corrected chi connectivity index (χ1v) is 9.74. The van der Waals surface area contributed by atoms with Crippen molar-refractivity contribution in [3.63, 3.8) is 0 Å². The molecule has 1 atom stereocenters. The maximum absolute atomic E-state index is 12.7. The van der Waals surface area contributed by atoms with Crippen molar-refractivity contribution in [3.8, 4) is 0 Å². The summed E-state index contributed by atoms with van der Waals surface area (Å²) < 4.78 is 43.4. The minimum atomic E-state index is -4.42. The number of Topliss-reactive ketones (excluding diaryl/α,β-unsaturated/α-hetero) is 1. The Kier molecular flexibility index (Phi) is 6.43. The van der Waals surface area contributed by atoms with Crippen molar-refractivity contribution in [3.05, 3.63) is 59.3 Å². The molecule has 3 rings (SSSR count). The van der Waals surface area contributed by atoms with E-state index in [0.717, 1.165) is 17.8 Å². The standard InChI is InChI=1S/C22H23F3N2O3/c1-14-3-5-16(6-4-14)20(28)15(2)30-21(29)17-9-11-27(12-10-17)19-8-7-18(13-26-19)22(23,24)25/h3-8,13,15,17H,9-12H2,1-2H3/t15-/m1/s1. The molecule has 1 aromatic heterocycles. The Morgan fingerprint density at radius 1 is 1.10 bits per heavy atom. The smallest absolute Gasteiger partial charge is 0.417 e. The molecule has 30 heavy (non-hydrogen) atoms. The van der Waals surface area contributed by atoms with Crippen LogP contribution in [0.15, 0.2) is 42.6 Å². The molecule has 1 aliphatic heterocycles. The minimum Gasteiger partial charge on any atom is -0.454 e. The second-order valence-corrected chi connectivity index (χ2v) is 7.47. The fourth-order valence-electron chi connectivity index (χ4n) is 3.36. The van der Waals surface area contributed by atoms with Crippen LogP contribution in [0.1, 0.15) is 41.3 Å². The average Bonchev–Trinajstić information content (AvgIpc) is 2.73. The van der Waals surface area contributed by atoms with Crippen molar-refractivity contribution in [2.24, 2.45) is 5.92 Å². The molecule has 0 bridgehead atoms. The summed E-state index contributed by atoms with van der Waals surface area (Å²) in [5, 5.41) is 0. The lowest BCUT2D eigenvalue weighted by atomic mass is 9.96. The maximum Gasteiger partial charge on any atom is 0.417 e. The molecule has 0 N–H and O–H groups in total. The summed E-state index contributed by atoms with van der Waals surface area (Å²) >= 11 is 0. The fraction of sp³-hybridized carbons (Fsp3) is 0.409. The van der Waals surface area contributed by atoms with Crippen LogP contribution in [0.5, 0.6) is 0 Å². The largest absolute Gasteiger partial charge is 0.454 e. The molecule has 1 fully saturated rings. The van der Waals surface area contributed by atoms with Crippen molar-refractivity contribution >= 4 is 17.6 Å². The van der Waals surface area contributed by atoms with Gasteiger partial charge >= 0.3 is 12.1 Å². The highest BCUT2D eigenvalue weighted by Crippen LogP contribution is 2.30.